The summed E-state index contributed by atoms with van der Waals surface area (Å²) in [5.74, 6) is 0. The smallest absolute Gasteiger partial charge is 0.261 e. The Kier molecular flexibility index (Phi) is 6.21. The second kappa shape index (κ2) is 8.27. The highest BCUT2D eigenvalue weighted by molar-refractivity contribution is 9.10. The molecule has 0 aliphatic heterocycles. The average Bonchev–Trinajstić information content (AvgIpc) is 2.65. The fraction of sp³-hybridized carbons (Fsp3) is 0.227. The van der Waals surface area contributed by atoms with Crippen molar-refractivity contribution in [1.29, 1.82) is 0 Å². The molecule has 0 amide bonds. The van der Waals surface area contributed by atoms with Gasteiger partial charge >= 0.3 is 0 Å². The first-order chi connectivity index (χ1) is 12.8. The molecular weight excluding hydrogens is 438 g/mol. The van der Waals surface area contributed by atoms with Crippen LogP contribution < -0.4 is 10.4 Å². The zero-order valence-electron chi connectivity index (χ0n) is 15.7. The van der Waals surface area contributed by atoms with Crippen LogP contribution >= 0.6 is 27.5 Å². The van der Waals surface area contributed by atoms with Crippen molar-refractivity contribution in [3.8, 4) is 0 Å². The van der Waals surface area contributed by atoms with Crippen LogP contribution in [0.1, 0.15) is 26.5 Å². The van der Waals surface area contributed by atoms with Crippen LogP contribution in [0.15, 0.2) is 77.3 Å². The molecule has 0 aliphatic carbocycles. The lowest BCUT2D eigenvalue weighted by atomic mass is 10.2. The highest BCUT2D eigenvalue weighted by Gasteiger charge is 2.50. The third-order valence-corrected chi connectivity index (χ3v) is 10.6. The molecule has 0 aliphatic rings. The van der Waals surface area contributed by atoms with Gasteiger partial charge in [-0.1, -0.05) is 93.0 Å². The van der Waals surface area contributed by atoms with Gasteiger partial charge in [0.2, 0.25) is 0 Å². The summed E-state index contributed by atoms with van der Waals surface area (Å²) >= 11 is 9.69. The standard InChI is InChI=1S/C22H23BrClNOSi/c1-22(2,3)27(17-10-6-4-7-11-17,18-12-8-5-9-13-18)26-16-20-19(23)14-15-21(24)25-20/h4-15H,16H2,1-3H3. The summed E-state index contributed by atoms with van der Waals surface area (Å²) in [6, 6.07) is 24.9. The molecule has 0 atom stereocenters. The van der Waals surface area contributed by atoms with Gasteiger partial charge in [-0.3, -0.25) is 0 Å². The lowest BCUT2D eigenvalue weighted by molar-refractivity contribution is 0.281. The summed E-state index contributed by atoms with van der Waals surface area (Å²) in [5.41, 5.74) is 0.815. The van der Waals surface area contributed by atoms with Crippen molar-refractivity contribution in [3.63, 3.8) is 0 Å². The van der Waals surface area contributed by atoms with Crippen LogP contribution in [0, 0.1) is 0 Å². The number of rotatable bonds is 5. The van der Waals surface area contributed by atoms with Crippen LogP contribution in [0.4, 0.5) is 0 Å². The van der Waals surface area contributed by atoms with Crippen molar-refractivity contribution < 1.29 is 4.43 Å². The van der Waals surface area contributed by atoms with E-state index in [1.807, 2.05) is 18.2 Å². The van der Waals surface area contributed by atoms with Gasteiger partial charge in [0.15, 0.2) is 0 Å². The summed E-state index contributed by atoms with van der Waals surface area (Å²) in [5, 5.41) is 2.91. The van der Waals surface area contributed by atoms with E-state index in [0.717, 1.165) is 10.2 Å². The van der Waals surface area contributed by atoms with Gasteiger partial charge in [0.1, 0.15) is 5.15 Å². The Bertz CT molecular complexity index is 858. The normalized spacial score (nSPS) is 12.2. The molecule has 27 heavy (non-hydrogen) atoms. The number of benzene rings is 2. The molecule has 3 aromatic rings. The molecule has 3 rings (SSSR count). The summed E-state index contributed by atoms with van der Waals surface area (Å²) in [6.07, 6.45) is 0. The Labute approximate surface area is 175 Å². The van der Waals surface area contributed by atoms with E-state index < -0.39 is 8.32 Å². The van der Waals surface area contributed by atoms with Crippen molar-refractivity contribution in [1.82, 2.24) is 4.98 Å². The molecule has 0 fully saturated rings. The Hall–Kier alpha value is -1.46. The van der Waals surface area contributed by atoms with E-state index in [1.54, 1.807) is 6.07 Å². The molecule has 2 aromatic carbocycles. The van der Waals surface area contributed by atoms with Crippen molar-refractivity contribution in [2.75, 3.05) is 0 Å². The number of pyridine rings is 1. The maximum absolute atomic E-state index is 6.88. The molecular formula is C22H23BrClNOSi. The quantitative estimate of drug-likeness (QED) is 0.366. The number of hydrogen-bond acceptors (Lipinski definition) is 2. The van der Waals surface area contributed by atoms with Crippen LogP contribution in [0.25, 0.3) is 0 Å². The van der Waals surface area contributed by atoms with E-state index >= 15 is 0 Å². The Morgan fingerprint density at radius 2 is 1.41 bits per heavy atom. The highest BCUT2D eigenvalue weighted by Crippen LogP contribution is 2.37. The van der Waals surface area contributed by atoms with Gasteiger partial charge in [0, 0.05) is 4.47 Å². The number of aromatic nitrogens is 1. The largest absolute Gasteiger partial charge is 0.401 e. The zero-order valence-corrected chi connectivity index (χ0v) is 19.1. The molecule has 0 N–H and O–H groups in total. The summed E-state index contributed by atoms with van der Waals surface area (Å²) in [6.45, 7) is 7.19. The highest BCUT2D eigenvalue weighted by atomic mass is 79.9. The minimum atomic E-state index is -2.58. The number of nitrogens with zero attached hydrogens (tertiary/aromatic N) is 1. The third-order valence-electron chi connectivity index (χ3n) is 4.73. The fourth-order valence-electron chi connectivity index (χ4n) is 3.50. The maximum atomic E-state index is 6.88. The van der Waals surface area contributed by atoms with Gasteiger partial charge in [0.05, 0.1) is 12.3 Å². The minimum Gasteiger partial charge on any atom is -0.401 e. The molecule has 5 heteroatoms. The van der Waals surface area contributed by atoms with Gasteiger partial charge in [-0.25, -0.2) is 4.98 Å². The van der Waals surface area contributed by atoms with E-state index in [-0.39, 0.29) is 5.04 Å². The molecule has 0 saturated carbocycles. The minimum absolute atomic E-state index is 0.0687. The van der Waals surface area contributed by atoms with Gasteiger partial charge in [-0.15, -0.1) is 0 Å². The van der Waals surface area contributed by atoms with Crippen molar-refractivity contribution in [2.24, 2.45) is 0 Å². The monoisotopic (exact) mass is 459 g/mol. The van der Waals surface area contributed by atoms with Crippen molar-refractivity contribution in [2.45, 2.75) is 32.4 Å². The van der Waals surface area contributed by atoms with Crippen LogP contribution in [-0.4, -0.2) is 13.3 Å². The summed E-state index contributed by atoms with van der Waals surface area (Å²) in [7, 11) is -2.58. The molecule has 0 spiro atoms. The average molecular weight is 461 g/mol. The van der Waals surface area contributed by atoms with Crippen molar-refractivity contribution in [3.05, 3.63) is 88.1 Å². The SMILES string of the molecule is CC(C)(C)[Si](OCc1nc(Cl)ccc1Br)(c1ccccc1)c1ccccc1. The first kappa shape index (κ1) is 20.3. The Morgan fingerprint density at radius 3 is 1.89 bits per heavy atom. The molecule has 0 bridgehead atoms. The molecule has 0 radical (unpaired) electrons. The van der Waals surface area contributed by atoms with E-state index in [2.05, 4.69) is 90.2 Å². The van der Waals surface area contributed by atoms with Crippen LogP contribution in [0.5, 0.6) is 0 Å². The topological polar surface area (TPSA) is 22.1 Å². The van der Waals surface area contributed by atoms with Crippen LogP contribution in [0.2, 0.25) is 10.2 Å². The molecule has 0 unspecified atom stereocenters. The van der Waals surface area contributed by atoms with Gasteiger partial charge < -0.3 is 4.43 Å². The predicted molar refractivity (Wildman–Crippen MR) is 119 cm³/mol. The lowest BCUT2D eigenvalue weighted by Crippen LogP contribution is -2.66. The van der Waals surface area contributed by atoms with Crippen LogP contribution in [-0.2, 0) is 11.0 Å². The molecule has 2 nitrogen and oxygen atoms in total. The Balaban J connectivity index is 2.13. The molecule has 0 saturated heterocycles. The fourth-order valence-corrected chi connectivity index (χ4v) is 8.51. The maximum Gasteiger partial charge on any atom is 0.261 e. The second-order valence-electron chi connectivity index (χ2n) is 7.51. The molecule has 1 aromatic heterocycles. The first-order valence-electron chi connectivity index (χ1n) is 8.90. The molecule has 140 valence electrons. The van der Waals surface area contributed by atoms with E-state index in [1.165, 1.54) is 10.4 Å². The lowest BCUT2D eigenvalue weighted by Gasteiger charge is -2.43. The van der Waals surface area contributed by atoms with E-state index in [0.29, 0.717) is 11.8 Å². The van der Waals surface area contributed by atoms with Crippen molar-refractivity contribution >= 4 is 46.2 Å². The number of halogens is 2. The first-order valence-corrected chi connectivity index (χ1v) is 12.0. The summed E-state index contributed by atoms with van der Waals surface area (Å²) < 4.78 is 7.78. The van der Waals surface area contributed by atoms with Gasteiger partial charge in [-0.2, -0.15) is 0 Å². The predicted octanol–water partition coefficient (Wildman–Crippen LogP) is 5.57. The third kappa shape index (κ3) is 4.19. The van der Waals surface area contributed by atoms with Gasteiger partial charge in [0.25, 0.3) is 8.32 Å². The number of hydrogen-bond donors (Lipinski definition) is 0. The van der Waals surface area contributed by atoms with E-state index in [4.69, 9.17) is 16.0 Å². The van der Waals surface area contributed by atoms with Gasteiger partial charge in [-0.05, 0) is 43.5 Å². The Morgan fingerprint density at radius 1 is 0.889 bits per heavy atom. The van der Waals surface area contributed by atoms with Crippen LogP contribution in [0.3, 0.4) is 0 Å². The summed E-state index contributed by atoms with van der Waals surface area (Å²) in [4.78, 5) is 4.46. The second-order valence-corrected chi connectivity index (χ2v) is 13.1. The molecule has 1 heterocycles. The zero-order chi connectivity index (χ0) is 19.5. The van der Waals surface area contributed by atoms with E-state index in [9.17, 15) is 0 Å².